The fraction of sp³-hybridized carbons (Fsp3) is 0.300. The van der Waals surface area contributed by atoms with Crippen molar-refractivity contribution in [3.8, 4) is 11.5 Å². The van der Waals surface area contributed by atoms with E-state index in [0.717, 1.165) is 5.56 Å². The fourth-order valence-electron chi connectivity index (χ4n) is 3.14. The molecule has 0 unspecified atom stereocenters. The van der Waals surface area contributed by atoms with Gasteiger partial charge in [0.2, 0.25) is 11.8 Å². The Labute approximate surface area is 169 Å². The van der Waals surface area contributed by atoms with Crippen molar-refractivity contribution in [1.29, 1.82) is 0 Å². The minimum absolute atomic E-state index is 0.0249. The molecule has 29 heavy (non-hydrogen) atoms. The van der Waals surface area contributed by atoms with Gasteiger partial charge in [-0.3, -0.25) is 9.59 Å². The second-order valence-corrected chi connectivity index (χ2v) is 8.43. The summed E-state index contributed by atoms with van der Waals surface area (Å²) >= 11 is 0. The molecule has 154 valence electrons. The number of hydrogen-bond acceptors (Lipinski definition) is 6. The average molecular weight is 418 g/mol. The van der Waals surface area contributed by atoms with Crippen molar-refractivity contribution in [3.63, 3.8) is 0 Å². The number of carbonyl (C=O) groups excluding carboxylic acids is 2. The summed E-state index contributed by atoms with van der Waals surface area (Å²) in [5.74, 6) is -0.308. The average Bonchev–Trinajstić information content (AvgIpc) is 3.11. The van der Waals surface area contributed by atoms with E-state index >= 15 is 0 Å². The number of anilines is 1. The Morgan fingerprint density at radius 1 is 1.10 bits per heavy atom. The predicted molar refractivity (Wildman–Crippen MR) is 106 cm³/mol. The molecular weight excluding hydrogens is 396 g/mol. The number of carbonyl (C=O) groups is 2. The molecule has 9 heteroatoms. The lowest BCUT2D eigenvalue weighted by Crippen LogP contribution is -2.45. The quantitative estimate of drug-likeness (QED) is 0.773. The zero-order valence-corrected chi connectivity index (χ0v) is 17.2. The van der Waals surface area contributed by atoms with Crippen LogP contribution in [0.3, 0.4) is 0 Å². The summed E-state index contributed by atoms with van der Waals surface area (Å²) in [6.45, 7) is 1.83. The topological polar surface area (TPSA) is 102 Å². The van der Waals surface area contributed by atoms with E-state index in [9.17, 15) is 18.0 Å². The van der Waals surface area contributed by atoms with E-state index in [1.54, 1.807) is 30.3 Å². The van der Waals surface area contributed by atoms with Crippen LogP contribution in [0.4, 0.5) is 5.69 Å². The molecule has 0 saturated carbocycles. The van der Waals surface area contributed by atoms with Crippen LogP contribution in [-0.4, -0.2) is 44.8 Å². The van der Waals surface area contributed by atoms with Gasteiger partial charge in [0.05, 0.1) is 24.8 Å². The molecule has 2 aromatic carbocycles. The maximum absolute atomic E-state index is 13.0. The summed E-state index contributed by atoms with van der Waals surface area (Å²) in [4.78, 5) is 25.2. The second kappa shape index (κ2) is 8.12. The molecule has 0 radical (unpaired) electrons. The van der Waals surface area contributed by atoms with Gasteiger partial charge in [0, 0.05) is 12.5 Å². The zero-order chi connectivity index (χ0) is 21.2. The highest BCUT2D eigenvalue weighted by molar-refractivity contribution is 7.89. The van der Waals surface area contributed by atoms with Gasteiger partial charge in [0.25, 0.3) is 10.0 Å². The molecule has 3 rings (SSSR count). The summed E-state index contributed by atoms with van der Waals surface area (Å²) in [5.41, 5.74) is 1.24. The molecule has 1 saturated heterocycles. The molecule has 8 nitrogen and oxygen atoms in total. The number of nitrogens with zero attached hydrogens (tertiary/aromatic N) is 1. The number of amides is 2. The maximum atomic E-state index is 13.0. The van der Waals surface area contributed by atoms with Crippen LogP contribution in [0.1, 0.15) is 18.4 Å². The van der Waals surface area contributed by atoms with Crippen LogP contribution in [0.2, 0.25) is 0 Å². The molecule has 0 bridgehead atoms. The summed E-state index contributed by atoms with van der Waals surface area (Å²) in [6, 6.07) is 9.83. The second-order valence-electron chi connectivity index (χ2n) is 6.62. The van der Waals surface area contributed by atoms with Crippen LogP contribution >= 0.6 is 0 Å². The molecule has 1 heterocycles. The van der Waals surface area contributed by atoms with Crippen LogP contribution in [0.25, 0.3) is 0 Å². The van der Waals surface area contributed by atoms with Gasteiger partial charge in [0.1, 0.15) is 17.5 Å². The number of nitrogens with one attached hydrogen (secondary N) is 1. The first-order valence-electron chi connectivity index (χ1n) is 8.94. The zero-order valence-electron chi connectivity index (χ0n) is 16.3. The van der Waals surface area contributed by atoms with E-state index in [1.807, 2.05) is 6.92 Å². The van der Waals surface area contributed by atoms with Gasteiger partial charge in [-0.15, -0.1) is 0 Å². The monoisotopic (exact) mass is 418 g/mol. The van der Waals surface area contributed by atoms with Crippen molar-refractivity contribution in [2.75, 3.05) is 19.5 Å². The van der Waals surface area contributed by atoms with E-state index in [2.05, 4.69) is 5.32 Å². The van der Waals surface area contributed by atoms with Crippen LogP contribution in [0.5, 0.6) is 11.5 Å². The number of aryl methyl sites for hydroxylation is 1. The molecule has 1 atom stereocenters. The van der Waals surface area contributed by atoms with Crippen LogP contribution in [0.15, 0.2) is 47.4 Å². The number of benzene rings is 2. The van der Waals surface area contributed by atoms with Gasteiger partial charge in [-0.05, 0) is 37.6 Å². The van der Waals surface area contributed by atoms with E-state index in [1.165, 1.54) is 26.4 Å². The molecule has 0 spiro atoms. The lowest BCUT2D eigenvalue weighted by molar-refractivity contribution is -0.128. The Balaban J connectivity index is 1.88. The molecule has 0 aliphatic carbocycles. The molecule has 0 aromatic heterocycles. The summed E-state index contributed by atoms with van der Waals surface area (Å²) in [6.07, 6.45) is 0.0805. The first-order chi connectivity index (χ1) is 13.8. The van der Waals surface area contributed by atoms with Crippen molar-refractivity contribution in [3.05, 3.63) is 48.0 Å². The number of ether oxygens (including phenoxy) is 2. The summed E-state index contributed by atoms with van der Waals surface area (Å²) in [5, 5.41) is 2.66. The number of hydrogen-bond donors (Lipinski definition) is 1. The van der Waals surface area contributed by atoms with Gasteiger partial charge < -0.3 is 14.8 Å². The molecule has 2 amide bonds. The number of methoxy groups -OCH3 is 2. The fourth-order valence-corrected chi connectivity index (χ4v) is 4.74. The van der Waals surface area contributed by atoms with Crippen molar-refractivity contribution >= 4 is 27.5 Å². The minimum atomic E-state index is -4.15. The van der Waals surface area contributed by atoms with Crippen molar-refractivity contribution in [1.82, 2.24) is 4.31 Å². The van der Waals surface area contributed by atoms with E-state index < -0.39 is 27.9 Å². The molecule has 1 aliphatic heterocycles. The molecular formula is C20H22N2O6S. The molecule has 1 aliphatic rings. The first kappa shape index (κ1) is 20.7. The first-order valence-corrected chi connectivity index (χ1v) is 10.4. The highest BCUT2D eigenvalue weighted by Gasteiger charge is 2.44. The largest absolute Gasteiger partial charge is 0.497 e. The third-order valence-corrected chi connectivity index (χ3v) is 6.55. The third-order valence-electron chi connectivity index (χ3n) is 4.71. The normalized spacial score (nSPS) is 16.6. The highest BCUT2D eigenvalue weighted by atomic mass is 32.2. The van der Waals surface area contributed by atoms with Gasteiger partial charge in [-0.2, -0.15) is 0 Å². The van der Waals surface area contributed by atoms with Gasteiger partial charge in [0.15, 0.2) is 0 Å². The molecule has 2 aromatic rings. The number of rotatable bonds is 6. The SMILES string of the molecule is COc1ccc(NC(=O)[C@H]2CCC(=O)N2S(=O)(=O)c2ccc(C)cc2)c(OC)c1. The molecule has 1 N–H and O–H groups in total. The van der Waals surface area contributed by atoms with Crippen molar-refractivity contribution < 1.29 is 27.5 Å². The van der Waals surface area contributed by atoms with Gasteiger partial charge in [-0.1, -0.05) is 17.7 Å². The summed E-state index contributed by atoms with van der Waals surface area (Å²) in [7, 11) is -1.20. The van der Waals surface area contributed by atoms with Gasteiger partial charge >= 0.3 is 0 Å². The van der Waals surface area contributed by atoms with Crippen molar-refractivity contribution in [2.45, 2.75) is 30.7 Å². The Morgan fingerprint density at radius 3 is 2.41 bits per heavy atom. The van der Waals surface area contributed by atoms with E-state index in [-0.39, 0.29) is 17.7 Å². The third kappa shape index (κ3) is 4.04. The standard InChI is InChI=1S/C20H22N2O6S/c1-13-4-7-15(8-5-13)29(25,26)22-17(10-11-19(22)23)20(24)21-16-9-6-14(27-2)12-18(16)28-3/h4-9,12,17H,10-11H2,1-3H3,(H,21,24)/t17-/m1/s1. The Bertz CT molecular complexity index is 1030. The van der Waals surface area contributed by atoms with E-state index in [4.69, 9.17) is 9.47 Å². The van der Waals surface area contributed by atoms with Crippen LogP contribution in [-0.2, 0) is 19.6 Å². The molecule has 1 fully saturated rings. The lowest BCUT2D eigenvalue weighted by atomic mass is 10.2. The van der Waals surface area contributed by atoms with E-state index in [0.29, 0.717) is 21.5 Å². The van der Waals surface area contributed by atoms with Crippen molar-refractivity contribution in [2.24, 2.45) is 0 Å². The Morgan fingerprint density at radius 2 is 1.79 bits per heavy atom. The minimum Gasteiger partial charge on any atom is -0.497 e. The smallest absolute Gasteiger partial charge is 0.267 e. The number of sulfonamides is 1. The van der Waals surface area contributed by atoms with Gasteiger partial charge in [-0.25, -0.2) is 12.7 Å². The Hall–Kier alpha value is -3.07. The summed E-state index contributed by atoms with van der Waals surface area (Å²) < 4.78 is 37.1. The Kier molecular flexibility index (Phi) is 5.78. The lowest BCUT2D eigenvalue weighted by Gasteiger charge is -2.24. The van der Waals surface area contributed by atoms with Crippen LogP contribution < -0.4 is 14.8 Å². The van der Waals surface area contributed by atoms with Crippen LogP contribution in [0, 0.1) is 6.92 Å². The maximum Gasteiger partial charge on any atom is 0.267 e. The predicted octanol–water partition coefficient (Wildman–Crippen LogP) is 2.33. The highest BCUT2D eigenvalue weighted by Crippen LogP contribution is 2.32.